The van der Waals surface area contributed by atoms with Crippen LogP contribution in [-0.4, -0.2) is 18.0 Å². The third kappa shape index (κ3) is 4.69. The Kier molecular flexibility index (Phi) is 5.98. The van der Waals surface area contributed by atoms with E-state index in [1.807, 2.05) is 0 Å². The van der Waals surface area contributed by atoms with Crippen LogP contribution in [0.25, 0.3) is 0 Å². The van der Waals surface area contributed by atoms with Gasteiger partial charge in [0.05, 0.1) is 21.9 Å². The van der Waals surface area contributed by atoms with Crippen LogP contribution in [0.15, 0.2) is 47.6 Å². The molecule has 0 atom stereocenters. The summed E-state index contributed by atoms with van der Waals surface area (Å²) in [6.07, 6.45) is 1.33. The zero-order valence-corrected chi connectivity index (χ0v) is 13.8. The Hall–Kier alpha value is -2.08. The number of anilines is 1. The molecule has 0 heterocycles. The number of halogens is 3. The van der Waals surface area contributed by atoms with E-state index < -0.39 is 11.8 Å². The third-order valence-corrected chi connectivity index (χ3v) is 3.84. The Balaban J connectivity index is 1.97. The van der Waals surface area contributed by atoms with Crippen LogP contribution < -0.4 is 10.7 Å². The molecular weight excluding hydrogens is 361 g/mol. The van der Waals surface area contributed by atoms with Gasteiger partial charge in [0.1, 0.15) is 0 Å². The fraction of sp³-hybridized carbons (Fsp3) is 0. The average Bonchev–Trinajstić information content (AvgIpc) is 2.53. The Labute approximate surface area is 147 Å². The lowest BCUT2D eigenvalue weighted by Gasteiger charge is -2.06. The van der Waals surface area contributed by atoms with Crippen LogP contribution in [0.2, 0.25) is 15.1 Å². The molecular formula is C15H10Cl3N3O2. The summed E-state index contributed by atoms with van der Waals surface area (Å²) in [5.41, 5.74) is 2.93. The molecule has 2 aromatic rings. The van der Waals surface area contributed by atoms with E-state index in [1.54, 1.807) is 36.4 Å². The van der Waals surface area contributed by atoms with E-state index in [1.165, 1.54) is 12.3 Å². The first kappa shape index (κ1) is 17.3. The van der Waals surface area contributed by atoms with E-state index in [0.717, 1.165) is 0 Å². The number of carbonyl (C=O) groups is 2. The Morgan fingerprint density at radius 1 is 0.913 bits per heavy atom. The second-order valence-electron chi connectivity index (χ2n) is 4.28. The molecule has 0 bridgehead atoms. The van der Waals surface area contributed by atoms with E-state index in [4.69, 9.17) is 34.8 Å². The van der Waals surface area contributed by atoms with Gasteiger partial charge in [0.15, 0.2) is 0 Å². The molecule has 8 heteroatoms. The molecule has 2 N–H and O–H groups in total. The predicted molar refractivity (Wildman–Crippen MR) is 92.3 cm³/mol. The van der Waals surface area contributed by atoms with Crippen molar-refractivity contribution in [2.45, 2.75) is 0 Å². The van der Waals surface area contributed by atoms with Crippen molar-refractivity contribution in [2.24, 2.45) is 5.10 Å². The molecule has 2 amide bonds. The van der Waals surface area contributed by atoms with Crippen LogP contribution in [0, 0.1) is 0 Å². The van der Waals surface area contributed by atoms with Gasteiger partial charge in [-0.1, -0.05) is 59.1 Å². The molecule has 0 unspecified atom stereocenters. The van der Waals surface area contributed by atoms with Crippen molar-refractivity contribution >= 4 is 58.5 Å². The lowest BCUT2D eigenvalue weighted by atomic mass is 10.2. The van der Waals surface area contributed by atoms with Crippen LogP contribution in [-0.2, 0) is 9.59 Å². The molecule has 5 nitrogen and oxygen atoms in total. The molecule has 0 fully saturated rings. The molecule has 0 aliphatic heterocycles. The lowest BCUT2D eigenvalue weighted by Crippen LogP contribution is -2.32. The van der Waals surface area contributed by atoms with Gasteiger partial charge in [0.25, 0.3) is 0 Å². The van der Waals surface area contributed by atoms with Crippen molar-refractivity contribution in [2.75, 3.05) is 5.32 Å². The van der Waals surface area contributed by atoms with Crippen molar-refractivity contribution in [3.05, 3.63) is 63.1 Å². The van der Waals surface area contributed by atoms with Crippen molar-refractivity contribution in [3.8, 4) is 0 Å². The first-order valence-electron chi connectivity index (χ1n) is 6.32. The highest BCUT2D eigenvalue weighted by molar-refractivity contribution is 6.45. The second-order valence-corrected chi connectivity index (χ2v) is 5.47. The molecule has 0 saturated carbocycles. The number of nitrogens with one attached hydrogen (secondary N) is 2. The normalized spacial score (nSPS) is 10.6. The van der Waals surface area contributed by atoms with Gasteiger partial charge in [-0.2, -0.15) is 5.10 Å². The van der Waals surface area contributed by atoms with E-state index in [0.29, 0.717) is 10.6 Å². The van der Waals surface area contributed by atoms with Crippen molar-refractivity contribution in [3.63, 3.8) is 0 Å². The van der Waals surface area contributed by atoms with Gasteiger partial charge >= 0.3 is 11.8 Å². The highest BCUT2D eigenvalue weighted by Crippen LogP contribution is 2.29. The summed E-state index contributed by atoms with van der Waals surface area (Å²) in [7, 11) is 0. The molecule has 23 heavy (non-hydrogen) atoms. The van der Waals surface area contributed by atoms with Crippen LogP contribution >= 0.6 is 34.8 Å². The summed E-state index contributed by atoms with van der Waals surface area (Å²) in [5, 5.41) is 6.91. The Bertz CT molecular complexity index is 778. The highest BCUT2D eigenvalue weighted by atomic mass is 35.5. The number of benzene rings is 2. The van der Waals surface area contributed by atoms with Crippen LogP contribution in [0.1, 0.15) is 5.56 Å². The predicted octanol–water partition coefficient (Wildman–Crippen LogP) is 3.74. The maximum Gasteiger partial charge on any atom is 0.329 e. The monoisotopic (exact) mass is 369 g/mol. The number of hydrazone groups is 1. The summed E-state index contributed by atoms with van der Waals surface area (Å²) >= 11 is 17.7. The van der Waals surface area contributed by atoms with Gasteiger partial charge in [-0.25, -0.2) is 5.43 Å². The zero-order valence-electron chi connectivity index (χ0n) is 11.5. The fourth-order valence-electron chi connectivity index (χ4n) is 1.57. The first-order valence-corrected chi connectivity index (χ1v) is 7.45. The summed E-state index contributed by atoms with van der Waals surface area (Å²) in [5.74, 6) is -1.88. The standard InChI is InChI=1S/C15H10Cl3N3O2/c16-10-5-2-1-4-9(10)8-19-21-15(23)14(22)20-12-7-3-6-11(17)13(12)18/h1-8H,(H,20,22)(H,21,23)/b19-8-. The van der Waals surface area contributed by atoms with Crippen molar-refractivity contribution in [1.29, 1.82) is 0 Å². The number of hydrogen-bond acceptors (Lipinski definition) is 3. The molecule has 0 radical (unpaired) electrons. The van der Waals surface area contributed by atoms with Gasteiger partial charge in [0, 0.05) is 10.6 Å². The molecule has 2 rings (SSSR count). The summed E-state index contributed by atoms with van der Waals surface area (Å²) in [6.45, 7) is 0. The zero-order chi connectivity index (χ0) is 16.8. The smallest absolute Gasteiger partial charge is 0.316 e. The largest absolute Gasteiger partial charge is 0.329 e. The van der Waals surface area contributed by atoms with Gasteiger partial charge < -0.3 is 5.32 Å². The number of rotatable bonds is 3. The minimum atomic E-state index is -0.954. The van der Waals surface area contributed by atoms with E-state index in [-0.39, 0.29) is 15.7 Å². The topological polar surface area (TPSA) is 70.6 Å². The molecule has 0 spiro atoms. The highest BCUT2D eigenvalue weighted by Gasteiger charge is 2.15. The number of carbonyl (C=O) groups excluding carboxylic acids is 2. The minimum absolute atomic E-state index is 0.148. The Morgan fingerprint density at radius 3 is 2.35 bits per heavy atom. The quantitative estimate of drug-likeness (QED) is 0.491. The molecule has 0 aliphatic rings. The van der Waals surface area contributed by atoms with Gasteiger partial charge in [-0.3, -0.25) is 9.59 Å². The molecule has 2 aromatic carbocycles. The number of hydrogen-bond donors (Lipinski definition) is 2. The van der Waals surface area contributed by atoms with E-state index >= 15 is 0 Å². The summed E-state index contributed by atoms with van der Waals surface area (Å²) in [4.78, 5) is 23.4. The first-order chi connectivity index (χ1) is 11.0. The van der Waals surface area contributed by atoms with Gasteiger partial charge in [0.2, 0.25) is 0 Å². The van der Waals surface area contributed by atoms with E-state index in [9.17, 15) is 9.59 Å². The molecule has 0 saturated heterocycles. The SMILES string of the molecule is O=C(N/N=C\c1ccccc1Cl)C(=O)Nc1cccc(Cl)c1Cl. The van der Waals surface area contributed by atoms with Gasteiger partial charge in [-0.05, 0) is 18.2 Å². The van der Waals surface area contributed by atoms with Crippen molar-refractivity contribution < 1.29 is 9.59 Å². The van der Waals surface area contributed by atoms with Crippen LogP contribution in [0.3, 0.4) is 0 Å². The average molecular weight is 371 g/mol. The lowest BCUT2D eigenvalue weighted by molar-refractivity contribution is -0.136. The molecule has 0 aromatic heterocycles. The molecule has 0 aliphatic carbocycles. The Morgan fingerprint density at radius 2 is 1.61 bits per heavy atom. The van der Waals surface area contributed by atoms with Crippen LogP contribution in [0.4, 0.5) is 5.69 Å². The fourth-order valence-corrected chi connectivity index (χ4v) is 2.10. The summed E-state index contributed by atoms with van der Waals surface area (Å²) in [6, 6.07) is 11.6. The van der Waals surface area contributed by atoms with E-state index in [2.05, 4.69) is 15.8 Å². The second kappa shape index (κ2) is 7.97. The maximum absolute atomic E-state index is 11.8. The van der Waals surface area contributed by atoms with Crippen molar-refractivity contribution in [1.82, 2.24) is 5.43 Å². The number of amides is 2. The molecule has 118 valence electrons. The summed E-state index contributed by atoms with van der Waals surface area (Å²) < 4.78 is 0. The van der Waals surface area contributed by atoms with Crippen LogP contribution in [0.5, 0.6) is 0 Å². The minimum Gasteiger partial charge on any atom is -0.316 e. The maximum atomic E-state index is 11.8. The third-order valence-electron chi connectivity index (χ3n) is 2.68. The number of nitrogens with zero attached hydrogens (tertiary/aromatic N) is 1. The van der Waals surface area contributed by atoms with Gasteiger partial charge in [-0.15, -0.1) is 0 Å².